The summed E-state index contributed by atoms with van der Waals surface area (Å²) in [4.78, 5) is 28.1. The first-order valence-corrected chi connectivity index (χ1v) is 10.2. The SMILES string of the molecule is CCc1ccc(NC2=C(c3ccccc3)C(=O)N(c3cccc(Cl)c3C)C2=O)cc1. The van der Waals surface area contributed by atoms with Gasteiger partial charge in [0.25, 0.3) is 11.8 Å². The number of carbonyl (C=O) groups excluding carboxylic acids is 2. The summed E-state index contributed by atoms with van der Waals surface area (Å²) < 4.78 is 0. The molecule has 4 nitrogen and oxygen atoms in total. The molecule has 3 aromatic rings. The van der Waals surface area contributed by atoms with Gasteiger partial charge in [0.1, 0.15) is 5.70 Å². The topological polar surface area (TPSA) is 49.4 Å². The Morgan fingerprint density at radius 1 is 0.867 bits per heavy atom. The first-order chi connectivity index (χ1) is 14.5. The molecule has 0 radical (unpaired) electrons. The third-order valence-corrected chi connectivity index (χ3v) is 5.67. The van der Waals surface area contributed by atoms with Gasteiger partial charge in [-0.1, -0.05) is 67.1 Å². The summed E-state index contributed by atoms with van der Waals surface area (Å²) in [7, 11) is 0. The van der Waals surface area contributed by atoms with E-state index in [2.05, 4.69) is 12.2 Å². The summed E-state index contributed by atoms with van der Waals surface area (Å²) in [5.41, 5.74) is 4.41. The van der Waals surface area contributed by atoms with Gasteiger partial charge in [0.2, 0.25) is 0 Å². The van der Waals surface area contributed by atoms with E-state index in [-0.39, 0.29) is 11.6 Å². The predicted octanol–water partition coefficient (Wildman–Crippen LogP) is 5.61. The van der Waals surface area contributed by atoms with Gasteiger partial charge in [-0.25, -0.2) is 4.90 Å². The van der Waals surface area contributed by atoms with E-state index in [0.717, 1.165) is 12.1 Å². The molecule has 4 rings (SSSR count). The molecule has 0 atom stereocenters. The molecule has 1 aliphatic rings. The Bertz CT molecular complexity index is 1150. The number of aryl methyl sites for hydroxylation is 1. The Morgan fingerprint density at radius 3 is 2.23 bits per heavy atom. The molecule has 30 heavy (non-hydrogen) atoms. The lowest BCUT2D eigenvalue weighted by Gasteiger charge is -2.18. The first-order valence-electron chi connectivity index (χ1n) is 9.80. The molecule has 0 fully saturated rings. The van der Waals surface area contributed by atoms with Gasteiger partial charge in [0.15, 0.2) is 0 Å². The molecule has 3 aromatic carbocycles. The number of hydrogen-bond donors (Lipinski definition) is 1. The molecule has 0 saturated heterocycles. The molecule has 150 valence electrons. The fraction of sp³-hybridized carbons (Fsp3) is 0.120. The lowest BCUT2D eigenvalue weighted by Crippen LogP contribution is -2.33. The molecule has 2 amide bonds. The minimum Gasteiger partial charge on any atom is -0.350 e. The summed E-state index contributed by atoms with van der Waals surface area (Å²) in [5.74, 6) is -0.770. The fourth-order valence-electron chi connectivity index (χ4n) is 3.54. The maximum Gasteiger partial charge on any atom is 0.282 e. The van der Waals surface area contributed by atoms with Gasteiger partial charge in [0, 0.05) is 10.7 Å². The van der Waals surface area contributed by atoms with Crippen molar-refractivity contribution >= 4 is 40.4 Å². The zero-order chi connectivity index (χ0) is 21.3. The maximum absolute atomic E-state index is 13.4. The Balaban J connectivity index is 1.81. The van der Waals surface area contributed by atoms with Crippen LogP contribution in [0.1, 0.15) is 23.6 Å². The molecule has 1 N–H and O–H groups in total. The quantitative estimate of drug-likeness (QED) is 0.550. The number of benzene rings is 3. The highest BCUT2D eigenvalue weighted by atomic mass is 35.5. The highest BCUT2D eigenvalue weighted by Crippen LogP contribution is 2.36. The summed E-state index contributed by atoms with van der Waals surface area (Å²) in [6.45, 7) is 3.89. The van der Waals surface area contributed by atoms with Crippen LogP contribution in [0.2, 0.25) is 5.02 Å². The van der Waals surface area contributed by atoms with Crippen LogP contribution < -0.4 is 10.2 Å². The molecule has 1 heterocycles. The fourth-order valence-corrected chi connectivity index (χ4v) is 3.71. The second-order valence-electron chi connectivity index (χ2n) is 7.12. The van der Waals surface area contributed by atoms with Crippen LogP contribution in [0.4, 0.5) is 11.4 Å². The van der Waals surface area contributed by atoms with Crippen molar-refractivity contribution in [2.75, 3.05) is 10.2 Å². The number of hydrogen-bond acceptors (Lipinski definition) is 3. The largest absolute Gasteiger partial charge is 0.350 e. The lowest BCUT2D eigenvalue weighted by atomic mass is 10.0. The van der Waals surface area contributed by atoms with E-state index in [0.29, 0.717) is 27.4 Å². The highest BCUT2D eigenvalue weighted by Gasteiger charge is 2.40. The molecule has 0 aliphatic carbocycles. The normalized spacial score (nSPS) is 13.9. The van der Waals surface area contributed by atoms with Gasteiger partial charge in [-0.3, -0.25) is 9.59 Å². The molecule has 0 spiro atoms. The molecule has 1 aliphatic heterocycles. The van der Waals surface area contributed by atoms with Crippen molar-refractivity contribution in [3.63, 3.8) is 0 Å². The third kappa shape index (κ3) is 3.51. The number of rotatable bonds is 5. The van der Waals surface area contributed by atoms with Crippen LogP contribution in [0.25, 0.3) is 5.57 Å². The van der Waals surface area contributed by atoms with E-state index >= 15 is 0 Å². The summed E-state index contributed by atoms with van der Waals surface area (Å²) in [5, 5.41) is 3.69. The average molecular weight is 417 g/mol. The second-order valence-corrected chi connectivity index (χ2v) is 7.53. The van der Waals surface area contributed by atoms with Gasteiger partial charge in [-0.05, 0) is 54.3 Å². The van der Waals surface area contributed by atoms with Crippen molar-refractivity contribution in [3.8, 4) is 0 Å². The second kappa shape index (κ2) is 8.17. The van der Waals surface area contributed by atoms with E-state index in [1.807, 2.05) is 54.6 Å². The molecular formula is C25H21ClN2O2. The van der Waals surface area contributed by atoms with E-state index in [9.17, 15) is 9.59 Å². The Labute approximate surface area is 180 Å². The Morgan fingerprint density at radius 2 is 1.57 bits per heavy atom. The van der Waals surface area contributed by atoms with Crippen LogP contribution >= 0.6 is 11.6 Å². The van der Waals surface area contributed by atoms with Crippen molar-refractivity contribution < 1.29 is 9.59 Å². The van der Waals surface area contributed by atoms with Gasteiger partial charge < -0.3 is 5.32 Å². The van der Waals surface area contributed by atoms with Gasteiger partial charge in [0.05, 0.1) is 11.3 Å². The zero-order valence-electron chi connectivity index (χ0n) is 16.8. The van der Waals surface area contributed by atoms with E-state index < -0.39 is 5.91 Å². The summed E-state index contributed by atoms with van der Waals surface area (Å²) in [6.07, 6.45) is 0.928. The Kier molecular flexibility index (Phi) is 5.42. The molecular weight excluding hydrogens is 396 g/mol. The van der Waals surface area contributed by atoms with Crippen molar-refractivity contribution in [2.45, 2.75) is 20.3 Å². The van der Waals surface area contributed by atoms with Crippen molar-refractivity contribution in [2.24, 2.45) is 0 Å². The lowest BCUT2D eigenvalue weighted by molar-refractivity contribution is -0.120. The number of nitrogens with one attached hydrogen (secondary N) is 1. The number of halogens is 1. The zero-order valence-corrected chi connectivity index (χ0v) is 17.5. The molecule has 0 aromatic heterocycles. The summed E-state index contributed by atoms with van der Waals surface area (Å²) in [6, 6.07) is 22.3. The van der Waals surface area contributed by atoms with E-state index in [1.165, 1.54) is 10.5 Å². The van der Waals surface area contributed by atoms with Crippen LogP contribution in [0.3, 0.4) is 0 Å². The maximum atomic E-state index is 13.4. The van der Waals surface area contributed by atoms with Crippen LogP contribution in [-0.4, -0.2) is 11.8 Å². The first kappa shape index (κ1) is 19.9. The van der Waals surface area contributed by atoms with Crippen molar-refractivity contribution in [3.05, 3.63) is 100 Å². The average Bonchev–Trinajstić information content (AvgIpc) is 3.01. The molecule has 0 saturated carbocycles. The number of carbonyl (C=O) groups is 2. The molecule has 0 bridgehead atoms. The number of amides is 2. The monoisotopic (exact) mass is 416 g/mol. The smallest absolute Gasteiger partial charge is 0.282 e. The summed E-state index contributed by atoms with van der Waals surface area (Å²) >= 11 is 6.26. The minimum atomic E-state index is -0.399. The third-order valence-electron chi connectivity index (χ3n) is 5.26. The number of anilines is 2. The minimum absolute atomic E-state index is 0.259. The number of nitrogens with zero attached hydrogens (tertiary/aromatic N) is 1. The van der Waals surface area contributed by atoms with Crippen LogP contribution in [0.5, 0.6) is 0 Å². The van der Waals surface area contributed by atoms with Gasteiger partial charge in [-0.2, -0.15) is 0 Å². The number of imide groups is 1. The van der Waals surface area contributed by atoms with Crippen molar-refractivity contribution in [1.82, 2.24) is 0 Å². The van der Waals surface area contributed by atoms with E-state index in [4.69, 9.17) is 11.6 Å². The predicted molar refractivity (Wildman–Crippen MR) is 121 cm³/mol. The van der Waals surface area contributed by atoms with Crippen molar-refractivity contribution in [1.29, 1.82) is 0 Å². The van der Waals surface area contributed by atoms with Crippen LogP contribution in [0.15, 0.2) is 78.5 Å². The van der Waals surface area contributed by atoms with E-state index in [1.54, 1.807) is 25.1 Å². The highest BCUT2D eigenvalue weighted by molar-refractivity contribution is 6.46. The van der Waals surface area contributed by atoms with Gasteiger partial charge in [-0.15, -0.1) is 0 Å². The van der Waals surface area contributed by atoms with Crippen LogP contribution in [0, 0.1) is 6.92 Å². The van der Waals surface area contributed by atoms with Crippen LogP contribution in [-0.2, 0) is 16.0 Å². The standard InChI is InChI=1S/C25H21ClN2O2/c1-3-17-12-14-19(15-13-17)27-23-22(18-8-5-4-6-9-18)24(29)28(25(23)30)21-11-7-10-20(26)16(21)2/h4-15,27H,3H2,1-2H3. The molecule has 0 unspecified atom stereocenters. The van der Waals surface area contributed by atoms with Gasteiger partial charge >= 0.3 is 0 Å². The molecule has 5 heteroatoms. The Hall–Kier alpha value is -3.37.